The molecule has 0 spiro atoms. The van der Waals surface area contributed by atoms with Crippen molar-refractivity contribution < 1.29 is 23.7 Å². The van der Waals surface area contributed by atoms with Crippen LogP contribution < -0.4 is 24.4 Å². The molecule has 1 aliphatic rings. The molecular formula is C20H22N2O5. The van der Waals surface area contributed by atoms with E-state index in [0.29, 0.717) is 35.2 Å². The molecule has 0 saturated heterocycles. The number of benzene rings is 2. The van der Waals surface area contributed by atoms with Gasteiger partial charge in [-0.1, -0.05) is 13.3 Å². The third-order valence-corrected chi connectivity index (χ3v) is 3.96. The second-order valence-electron chi connectivity index (χ2n) is 5.88. The van der Waals surface area contributed by atoms with Crippen molar-refractivity contribution in [1.82, 2.24) is 5.43 Å². The molecule has 7 heteroatoms. The van der Waals surface area contributed by atoms with E-state index in [2.05, 4.69) is 17.5 Å². The first kappa shape index (κ1) is 18.6. The van der Waals surface area contributed by atoms with Crippen LogP contribution in [0.15, 0.2) is 41.5 Å². The number of carbonyl (C=O) groups excluding carboxylic acids is 1. The van der Waals surface area contributed by atoms with Crippen molar-refractivity contribution in [3.05, 3.63) is 47.5 Å². The van der Waals surface area contributed by atoms with Gasteiger partial charge in [0.1, 0.15) is 0 Å². The number of carbonyl (C=O) groups is 1. The van der Waals surface area contributed by atoms with Crippen LogP contribution in [0.2, 0.25) is 0 Å². The molecule has 2 aromatic rings. The van der Waals surface area contributed by atoms with Crippen molar-refractivity contribution in [3.8, 4) is 23.0 Å². The van der Waals surface area contributed by atoms with Crippen LogP contribution in [0.1, 0.15) is 35.7 Å². The number of ether oxygens (including phenoxy) is 4. The van der Waals surface area contributed by atoms with E-state index in [-0.39, 0.29) is 12.7 Å². The number of hydrogen-bond donors (Lipinski definition) is 1. The summed E-state index contributed by atoms with van der Waals surface area (Å²) in [6.07, 6.45) is 3.59. The van der Waals surface area contributed by atoms with E-state index < -0.39 is 0 Å². The van der Waals surface area contributed by atoms with E-state index in [1.165, 1.54) is 0 Å². The minimum Gasteiger partial charge on any atom is -0.493 e. The molecule has 0 aliphatic carbocycles. The lowest BCUT2D eigenvalue weighted by molar-refractivity contribution is 0.0954. The highest BCUT2D eigenvalue weighted by Gasteiger charge is 2.15. The zero-order valence-electron chi connectivity index (χ0n) is 15.4. The number of nitrogens with one attached hydrogen (secondary N) is 1. The quantitative estimate of drug-likeness (QED) is 0.438. The number of amides is 1. The van der Waals surface area contributed by atoms with Crippen LogP contribution in [0, 0.1) is 0 Å². The van der Waals surface area contributed by atoms with Gasteiger partial charge in [-0.2, -0.15) is 5.10 Å². The van der Waals surface area contributed by atoms with Gasteiger partial charge in [0, 0.05) is 5.56 Å². The maximum Gasteiger partial charge on any atom is 0.271 e. The van der Waals surface area contributed by atoms with Gasteiger partial charge in [-0.25, -0.2) is 5.43 Å². The number of hydrogen-bond acceptors (Lipinski definition) is 6. The number of unbranched alkanes of at least 4 members (excludes halogenated alkanes) is 1. The van der Waals surface area contributed by atoms with Crippen LogP contribution >= 0.6 is 0 Å². The maximum absolute atomic E-state index is 12.2. The van der Waals surface area contributed by atoms with Gasteiger partial charge in [-0.15, -0.1) is 0 Å². The van der Waals surface area contributed by atoms with Gasteiger partial charge in [0.25, 0.3) is 5.91 Å². The number of fused-ring (bicyclic) bond motifs is 1. The van der Waals surface area contributed by atoms with Crippen LogP contribution in [0.3, 0.4) is 0 Å². The molecule has 1 amide bonds. The highest BCUT2D eigenvalue weighted by Crippen LogP contribution is 2.32. The standard InChI is InChI=1S/C20H22N2O5/c1-3-4-9-25-16-7-5-14(10-18(16)24-2)12-21-22-20(23)15-6-8-17-19(11-15)27-13-26-17/h5-8,10-12H,3-4,9,13H2,1-2H3,(H,22,23)/b21-12-. The third-order valence-electron chi connectivity index (χ3n) is 3.96. The summed E-state index contributed by atoms with van der Waals surface area (Å²) < 4.78 is 21.6. The first-order valence-corrected chi connectivity index (χ1v) is 8.75. The summed E-state index contributed by atoms with van der Waals surface area (Å²) in [6.45, 7) is 2.92. The molecule has 1 aliphatic heterocycles. The molecule has 0 aromatic heterocycles. The lowest BCUT2D eigenvalue weighted by atomic mass is 10.2. The normalized spacial score (nSPS) is 12.2. The molecular weight excluding hydrogens is 348 g/mol. The first-order chi connectivity index (χ1) is 13.2. The van der Waals surface area contributed by atoms with Gasteiger partial charge >= 0.3 is 0 Å². The minimum atomic E-state index is -0.337. The Morgan fingerprint density at radius 1 is 1.19 bits per heavy atom. The van der Waals surface area contributed by atoms with E-state index >= 15 is 0 Å². The third kappa shape index (κ3) is 4.69. The Balaban J connectivity index is 1.61. The topological polar surface area (TPSA) is 78.4 Å². The lowest BCUT2D eigenvalue weighted by Crippen LogP contribution is -2.17. The Morgan fingerprint density at radius 3 is 2.85 bits per heavy atom. The Kier molecular flexibility index (Phi) is 6.14. The van der Waals surface area contributed by atoms with Crippen LogP contribution in [0.5, 0.6) is 23.0 Å². The lowest BCUT2D eigenvalue weighted by Gasteiger charge is -2.10. The van der Waals surface area contributed by atoms with Crippen molar-refractivity contribution >= 4 is 12.1 Å². The van der Waals surface area contributed by atoms with Crippen molar-refractivity contribution in [1.29, 1.82) is 0 Å². The van der Waals surface area contributed by atoms with Gasteiger partial charge in [-0.05, 0) is 48.4 Å². The van der Waals surface area contributed by atoms with Crippen LogP contribution in [-0.4, -0.2) is 32.6 Å². The molecule has 27 heavy (non-hydrogen) atoms. The monoisotopic (exact) mass is 370 g/mol. The Hall–Kier alpha value is -3.22. The van der Waals surface area contributed by atoms with E-state index in [1.54, 1.807) is 37.6 Å². The van der Waals surface area contributed by atoms with Crippen LogP contribution in [0.25, 0.3) is 0 Å². The van der Waals surface area contributed by atoms with Gasteiger partial charge < -0.3 is 18.9 Å². The molecule has 2 aromatic carbocycles. The average molecular weight is 370 g/mol. The summed E-state index contributed by atoms with van der Waals surface area (Å²) in [7, 11) is 1.59. The van der Waals surface area contributed by atoms with E-state index in [1.807, 2.05) is 12.1 Å². The van der Waals surface area contributed by atoms with Crippen LogP contribution in [-0.2, 0) is 0 Å². The molecule has 0 radical (unpaired) electrons. The Morgan fingerprint density at radius 2 is 2.04 bits per heavy atom. The maximum atomic E-state index is 12.2. The zero-order valence-corrected chi connectivity index (χ0v) is 15.4. The van der Waals surface area contributed by atoms with Crippen molar-refractivity contribution in [2.24, 2.45) is 5.10 Å². The Labute approximate surface area is 157 Å². The van der Waals surface area contributed by atoms with E-state index in [9.17, 15) is 4.79 Å². The first-order valence-electron chi connectivity index (χ1n) is 8.75. The van der Waals surface area contributed by atoms with Crippen molar-refractivity contribution in [3.63, 3.8) is 0 Å². The van der Waals surface area contributed by atoms with Gasteiger partial charge in [-0.3, -0.25) is 4.79 Å². The van der Waals surface area contributed by atoms with Gasteiger partial charge in [0.15, 0.2) is 23.0 Å². The fourth-order valence-corrected chi connectivity index (χ4v) is 2.48. The molecule has 0 atom stereocenters. The molecule has 0 fully saturated rings. The van der Waals surface area contributed by atoms with Crippen molar-refractivity contribution in [2.45, 2.75) is 19.8 Å². The fraction of sp³-hybridized carbons (Fsp3) is 0.300. The molecule has 1 heterocycles. The summed E-state index contributed by atoms with van der Waals surface area (Å²) >= 11 is 0. The predicted octanol–water partition coefficient (Wildman–Crippen LogP) is 3.37. The van der Waals surface area contributed by atoms with Crippen molar-refractivity contribution in [2.75, 3.05) is 20.5 Å². The number of nitrogens with zero attached hydrogens (tertiary/aromatic N) is 1. The Bertz CT molecular complexity index is 835. The highest BCUT2D eigenvalue weighted by molar-refractivity contribution is 5.95. The molecule has 3 rings (SSSR count). The molecule has 1 N–H and O–H groups in total. The largest absolute Gasteiger partial charge is 0.493 e. The fourth-order valence-electron chi connectivity index (χ4n) is 2.48. The number of rotatable bonds is 8. The SMILES string of the molecule is CCCCOc1ccc(/C=N\NC(=O)c2ccc3c(c2)OCO3)cc1OC. The summed E-state index contributed by atoms with van der Waals surface area (Å²) in [5.41, 5.74) is 3.71. The summed E-state index contributed by atoms with van der Waals surface area (Å²) in [6, 6.07) is 10.5. The number of methoxy groups -OCH3 is 1. The zero-order chi connectivity index (χ0) is 19.1. The molecule has 142 valence electrons. The summed E-state index contributed by atoms with van der Waals surface area (Å²) in [4.78, 5) is 12.2. The second kappa shape index (κ2) is 8.93. The summed E-state index contributed by atoms with van der Waals surface area (Å²) in [5.74, 6) is 2.15. The van der Waals surface area contributed by atoms with E-state index in [0.717, 1.165) is 18.4 Å². The highest BCUT2D eigenvalue weighted by atomic mass is 16.7. The minimum absolute atomic E-state index is 0.165. The van der Waals surface area contributed by atoms with E-state index in [4.69, 9.17) is 18.9 Å². The molecule has 7 nitrogen and oxygen atoms in total. The average Bonchev–Trinajstić information content (AvgIpc) is 3.16. The smallest absolute Gasteiger partial charge is 0.271 e. The molecule has 0 saturated carbocycles. The molecule has 0 bridgehead atoms. The van der Waals surface area contributed by atoms with Gasteiger partial charge in [0.05, 0.1) is 19.9 Å². The van der Waals surface area contributed by atoms with Crippen LogP contribution in [0.4, 0.5) is 0 Å². The second-order valence-corrected chi connectivity index (χ2v) is 5.88. The van der Waals surface area contributed by atoms with Gasteiger partial charge in [0.2, 0.25) is 6.79 Å². The predicted molar refractivity (Wildman–Crippen MR) is 101 cm³/mol. The summed E-state index contributed by atoms with van der Waals surface area (Å²) in [5, 5.41) is 4.00. The molecule has 0 unspecified atom stereocenters. The number of hydrazone groups is 1.